The molecule has 0 atom stereocenters. The zero-order valence-corrected chi connectivity index (χ0v) is 12.1. The van der Waals surface area contributed by atoms with E-state index in [1.165, 1.54) is 57.9 Å². The highest BCUT2D eigenvalue weighted by molar-refractivity contribution is 4.77. The van der Waals surface area contributed by atoms with Gasteiger partial charge in [0.1, 0.15) is 0 Å². The van der Waals surface area contributed by atoms with E-state index in [9.17, 15) is 0 Å². The maximum absolute atomic E-state index is 5.96. The molecule has 0 aromatic rings. The SMILES string of the molecule is C=CCCCCCOC1CCC(NCCC)CC1. The fourth-order valence-electron chi connectivity index (χ4n) is 2.60. The molecule has 0 aromatic heterocycles. The molecule has 0 aromatic carbocycles. The molecule has 1 aliphatic carbocycles. The van der Waals surface area contributed by atoms with Crippen molar-refractivity contribution in [3.05, 3.63) is 12.7 Å². The minimum absolute atomic E-state index is 0.532. The zero-order valence-electron chi connectivity index (χ0n) is 12.1. The maximum Gasteiger partial charge on any atom is 0.0576 e. The lowest BCUT2D eigenvalue weighted by atomic mass is 9.93. The molecule has 0 saturated heterocycles. The van der Waals surface area contributed by atoms with Gasteiger partial charge < -0.3 is 10.1 Å². The van der Waals surface area contributed by atoms with Gasteiger partial charge in [-0.25, -0.2) is 0 Å². The smallest absolute Gasteiger partial charge is 0.0576 e. The van der Waals surface area contributed by atoms with Crippen molar-refractivity contribution in [3.63, 3.8) is 0 Å². The van der Waals surface area contributed by atoms with Crippen LogP contribution >= 0.6 is 0 Å². The van der Waals surface area contributed by atoms with E-state index < -0.39 is 0 Å². The molecule has 1 saturated carbocycles. The van der Waals surface area contributed by atoms with E-state index in [2.05, 4.69) is 18.8 Å². The van der Waals surface area contributed by atoms with Gasteiger partial charge in [-0.05, 0) is 57.9 Å². The lowest BCUT2D eigenvalue weighted by molar-refractivity contribution is 0.0206. The van der Waals surface area contributed by atoms with Crippen LogP contribution in [0, 0.1) is 0 Å². The van der Waals surface area contributed by atoms with Crippen molar-refractivity contribution in [2.45, 2.75) is 76.9 Å². The molecule has 0 unspecified atom stereocenters. The Morgan fingerprint density at radius 3 is 2.61 bits per heavy atom. The van der Waals surface area contributed by atoms with E-state index in [-0.39, 0.29) is 0 Å². The Bertz CT molecular complexity index is 197. The Kier molecular flexibility index (Phi) is 9.23. The Balaban J connectivity index is 1.93. The second-order valence-electron chi connectivity index (χ2n) is 5.44. The Labute approximate surface area is 113 Å². The van der Waals surface area contributed by atoms with Gasteiger partial charge in [-0.15, -0.1) is 6.58 Å². The highest BCUT2D eigenvalue weighted by Crippen LogP contribution is 2.21. The molecule has 18 heavy (non-hydrogen) atoms. The van der Waals surface area contributed by atoms with Gasteiger partial charge in [0, 0.05) is 12.6 Å². The van der Waals surface area contributed by atoms with E-state index in [0.29, 0.717) is 6.10 Å². The average Bonchev–Trinajstić information content (AvgIpc) is 2.42. The molecule has 2 heteroatoms. The van der Waals surface area contributed by atoms with Crippen molar-refractivity contribution in [1.82, 2.24) is 5.32 Å². The van der Waals surface area contributed by atoms with Gasteiger partial charge in [-0.2, -0.15) is 0 Å². The van der Waals surface area contributed by atoms with E-state index in [1.54, 1.807) is 0 Å². The zero-order chi connectivity index (χ0) is 13.1. The van der Waals surface area contributed by atoms with Gasteiger partial charge in [0.15, 0.2) is 0 Å². The third-order valence-corrected chi connectivity index (χ3v) is 3.76. The van der Waals surface area contributed by atoms with Gasteiger partial charge in [-0.1, -0.05) is 19.4 Å². The van der Waals surface area contributed by atoms with Crippen LogP contribution in [-0.2, 0) is 4.74 Å². The summed E-state index contributed by atoms with van der Waals surface area (Å²) in [5.74, 6) is 0. The number of rotatable bonds is 10. The summed E-state index contributed by atoms with van der Waals surface area (Å²) >= 11 is 0. The van der Waals surface area contributed by atoms with Crippen LogP contribution in [-0.4, -0.2) is 25.3 Å². The lowest BCUT2D eigenvalue weighted by Gasteiger charge is -2.29. The van der Waals surface area contributed by atoms with Crippen molar-refractivity contribution in [1.29, 1.82) is 0 Å². The summed E-state index contributed by atoms with van der Waals surface area (Å²) in [5.41, 5.74) is 0. The van der Waals surface area contributed by atoms with Gasteiger partial charge >= 0.3 is 0 Å². The van der Waals surface area contributed by atoms with E-state index in [0.717, 1.165) is 19.1 Å². The van der Waals surface area contributed by atoms with Gasteiger partial charge in [0.25, 0.3) is 0 Å². The van der Waals surface area contributed by atoms with Gasteiger partial charge in [0.05, 0.1) is 6.10 Å². The maximum atomic E-state index is 5.96. The first kappa shape index (κ1) is 15.7. The lowest BCUT2D eigenvalue weighted by Crippen LogP contribution is -2.35. The number of unbranched alkanes of at least 4 members (excludes halogenated alkanes) is 3. The molecule has 1 rings (SSSR count). The third-order valence-electron chi connectivity index (χ3n) is 3.76. The minimum Gasteiger partial charge on any atom is -0.378 e. The molecule has 0 heterocycles. The van der Waals surface area contributed by atoms with Crippen molar-refractivity contribution >= 4 is 0 Å². The molecule has 0 spiro atoms. The summed E-state index contributed by atoms with van der Waals surface area (Å²) in [6.45, 7) is 8.09. The van der Waals surface area contributed by atoms with Crippen molar-refractivity contribution in [2.75, 3.05) is 13.2 Å². The second-order valence-corrected chi connectivity index (χ2v) is 5.44. The fourth-order valence-corrected chi connectivity index (χ4v) is 2.60. The van der Waals surface area contributed by atoms with Crippen molar-refractivity contribution in [2.24, 2.45) is 0 Å². The highest BCUT2D eigenvalue weighted by atomic mass is 16.5. The molecule has 0 bridgehead atoms. The third kappa shape index (κ3) is 7.17. The summed E-state index contributed by atoms with van der Waals surface area (Å²) in [6, 6.07) is 0.748. The van der Waals surface area contributed by atoms with Crippen LogP contribution in [0.4, 0.5) is 0 Å². The molecule has 2 nitrogen and oxygen atoms in total. The predicted molar refractivity (Wildman–Crippen MR) is 79.0 cm³/mol. The number of allylic oxidation sites excluding steroid dienone is 1. The number of nitrogens with one attached hydrogen (secondary N) is 1. The standard InChI is InChI=1S/C16H31NO/c1-3-5-6-7-8-14-18-16-11-9-15(10-12-16)17-13-4-2/h3,15-17H,1,4-14H2,2H3. The summed E-state index contributed by atoms with van der Waals surface area (Å²) < 4.78 is 5.96. The Morgan fingerprint density at radius 1 is 1.17 bits per heavy atom. The second kappa shape index (κ2) is 10.6. The molecular weight excluding hydrogens is 222 g/mol. The van der Waals surface area contributed by atoms with Gasteiger partial charge in [0.2, 0.25) is 0 Å². The van der Waals surface area contributed by atoms with Crippen LogP contribution in [0.15, 0.2) is 12.7 Å². The molecule has 0 radical (unpaired) electrons. The van der Waals surface area contributed by atoms with Crippen LogP contribution in [0.2, 0.25) is 0 Å². The first-order valence-electron chi connectivity index (χ1n) is 7.82. The Morgan fingerprint density at radius 2 is 1.94 bits per heavy atom. The minimum atomic E-state index is 0.532. The molecule has 1 fully saturated rings. The molecule has 106 valence electrons. The monoisotopic (exact) mass is 253 g/mol. The van der Waals surface area contributed by atoms with Crippen LogP contribution in [0.5, 0.6) is 0 Å². The molecule has 0 aliphatic heterocycles. The number of ether oxygens (including phenoxy) is 1. The van der Waals surface area contributed by atoms with Crippen LogP contribution in [0.1, 0.15) is 64.7 Å². The van der Waals surface area contributed by atoms with E-state index in [1.807, 2.05) is 6.08 Å². The highest BCUT2D eigenvalue weighted by Gasteiger charge is 2.20. The molecule has 1 N–H and O–H groups in total. The summed E-state index contributed by atoms with van der Waals surface area (Å²) in [4.78, 5) is 0. The predicted octanol–water partition coefficient (Wildman–Crippen LogP) is 4.06. The van der Waals surface area contributed by atoms with Crippen molar-refractivity contribution in [3.8, 4) is 0 Å². The number of hydrogen-bond acceptors (Lipinski definition) is 2. The quantitative estimate of drug-likeness (QED) is 0.468. The van der Waals surface area contributed by atoms with E-state index >= 15 is 0 Å². The molecule has 0 amide bonds. The average molecular weight is 253 g/mol. The van der Waals surface area contributed by atoms with Crippen LogP contribution in [0.25, 0.3) is 0 Å². The number of hydrogen-bond donors (Lipinski definition) is 1. The summed E-state index contributed by atoms with van der Waals surface area (Å²) in [6.07, 6.45) is 13.7. The largest absolute Gasteiger partial charge is 0.378 e. The fraction of sp³-hybridized carbons (Fsp3) is 0.875. The normalized spacial score (nSPS) is 24.1. The first-order chi connectivity index (χ1) is 8.86. The van der Waals surface area contributed by atoms with Gasteiger partial charge in [-0.3, -0.25) is 0 Å². The summed E-state index contributed by atoms with van der Waals surface area (Å²) in [5, 5.41) is 3.62. The van der Waals surface area contributed by atoms with Crippen LogP contribution < -0.4 is 5.32 Å². The van der Waals surface area contributed by atoms with E-state index in [4.69, 9.17) is 4.74 Å². The molecule has 1 aliphatic rings. The van der Waals surface area contributed by atoms with Crippen LogP contribution in [0.3, 0.4) is 0 Å². The first-order valence-corrected chi connectivity index (χ1v) is 7.82. The summed E-state index contributed by atoms with van der Waals surface area (Å²) in [7, 11) is 0. The van der Waals surface area contributed by atoms with Crippen molar-refractivity contribution < 1.29 is 4.74 Å². The molecular formula is C16H31NO. The Hall–Kier alpha value is -0.340. The topological polar surface area (TPSA) is 21.3 Å².